The van der Waals surface area contributed by atoms with Crippen LogP contribution in [0.2, 0.25) is 0 Å². The largest absolute Gasteiger partial charge is 0.326 e. The lowest BCUT2D eigenvalue weighted by molar-refractivity contribution is -0.114. The fraction of sp³-hybridized carbons (Fsp3) is 0.150. The predicted octanol–water partition coefficient (Wildman–Crippen LogP) is 4.64. The van der Waals surface area contributed by atoms with Gasteiger partial charge in [0.25, 0.3) is 5.91 Å². The Hall–Kier alpha value is -2.99. The molecule has 0 bridgehead atoms. The Labute approximate surface area is 156 Å². The zero-order valence-electron chi connectivity index (χ0n) is 14.8. The lowest BCUT2D eigenvalue weighted by Crippen LogP contribution is -2.13. The molecule has 5 nitrogen and oxygen atoms in total. The molecule has 0 saturated carbocycles. The Morgan fingerprint density at radius 3 is 2.42 bits per heavy atom. The smallest absolute Gasteiger partial charge is 0.257 e. The van der Waals surface area contributed by atoms with E-state index in [-0.39, 0.29) is 11.8 Å². The molecule has 26 heavy (non-hydrogen) atoms. The van der Waals surface area contributed by atoms with E-state index in [1.54, 1.807) is 0 Å². The number of benzene rings is 2. The third-order valence-corrected chi connectivity index (χ3v) is 4.62. The zero-order valence-corrected chi connectivity index (χ0v) is 15.6. The topological polar surface area (TPSA) is 71.1 Å². The molecular weight excluding hydrogens is 346 g/mol. The SMILES string of the molecule is CC(=O)Nc1ccc(-c2csc(NC(=O)c3cc(C)ccc3C)n2)cc1. The van der Waals surface area contributed by atoms with Gasteiger partial charge in [-0.3, -0.25) is 14.9 Å². The van der Waals surface area contributed by atoms with Crippen LogP contribution in [0.4, 0.5) is 10.8 Å². The summed E-state index contributed by atoms with van der Waals surface area (Å²) in [5.74, 6) is -0.268. The lowest BCUT2D eigenvalue weighted by atomic mass is 10.1. The minimum Gasteiger partial charge on any atom is -0.326 e. The van der Waals surface area contributed by atoms with Crippen molar-refractivity contribution in [3.8, 4) is 11.3 Å². The maximum absolute atomic E-state index is 12.5. The van der Waals surface area contributed by atoms with Crippen LogP contribution >= 0.6 is 11.3 Å². The number of anilines is 2. The zero-order chi connectivity index (χ0) is 18.7. The molecule has 0 radical (unpaired) electrons. The molecule has 1 aromatic heterocycles. The van der Waals surface area contributed by atoms with E-state index in [2.05, 4.69) is 15.6 Å². The molecule has 0 spiro atoms. The summed E-state index contributed by atoms with van der Waals surface area (Å²) in [4.78, 5) is 28.1. The summed E-state index contributed by atoms with van der Waals surface area (Å²) in [7, 11) is 0. The molecule has 132 valence electrons. The van der Waals surface area contributed by atoms with Crippen LogP contribution in [0.5, 0.6) is 0 Å². The number of aromatic nitrogens is 1. The lowest BCUT2D eigenvalue weighted by Gasteiger charge is -2.06. The Morgan fingerprint density at radius 1 is 1.00 bits per heavy atom. The number of hydrogen-bond acceptors (Lipinski definition) is 4. The fourth-order valence-electron chi connectivity index (χ4n) is 2.54. The summed E-state index contributed by atoms with van der Waals surface area (Å²) in [5.41, 5.74) is 5.06. The highest BCUT2D eigenvalue weighted by Crippen LogP contribution is 2.26. The van der Waals surface area contributed by atoms with E-state index < -0.39 is 0 Å². The molecule has 0 atom stereocenters. The van der Waals surface area contributed by atoms with Crippen LogP contribution in [-0.2, 0) is 4.79 Å². The second kappa shape index (κ2) is 7.49. The highest BCUT2D eigenvalue weighted by molar-refractivity contribution is 7.14. The molecule has 2 amide bonds. The van der Waals surface area contributed by atoms with Crippen molar-refractivity contribution in [1.82, 2.24) is 4.98 Å². The molecule has 0 aliphatic rings. The highest BCUT2D eigenvalue weighted by atomic mass is 32.1. The van der Waals surface area contributed by atoms with Gasteiger partial charge in [-0.05, 0) is 37.6 Å². The van der Waals surface area contributed by atoms with Crippen LogP contribution in [0.1, 0.15) is 28.4 Å². The van der Waals surface area contributed by atoms with Crippen LogP contribution in [0.25, 0.3) is 11.3 Å². The first kappa shape index (κ1) is 17.8. The highest BCUT2D eigenvalue weighted by Gasteiger charge is 2.12. The summed E-state index contributed by atoms with van der Waals surface area (Å²) in [6.45, 7) is 5.35. The van der Waals surface area contributed by atoms with Crippen molar-refractivity contribution in [2.24, 2.45) is 0 Å². The van der Waals surface area contributed by atoms with Gasteiger partial charge < -0.3 is 5.32 Å². The van der Waals surface area contributed by atoms with Crippen LogP contribution in [0.3, 0.4) is 0 Å². The van der Waals surface area contributed by atoms with Gasteiger partial charge in [-0.2, -0.15) is 0 Å². The molecule has 3 aromatic rings. The van der Waals surface area contributed by atoms with Gasteiger partial charge in [-0.15, -0.1) is 11.3 Å². The first-order valence-electron chi connectivity index (χ1n) is 8.14. The fourth-order valence-corrected chi connectivity index (χ4v) is 3.25. The number of aryl methyl sites for hydroxylation is 2. The first-order valence-corrected chi connectivity index (χ1v) is 9.02. The maximum Gasteiger partial charge on any atom is 0.257 e. The standard InChI is InChI=1S/C20H19N3O2S/c1-12-4-5-13(2)17(10-12)19(25)23-20-22-18(11-26-20)15-6-8-16(9-7-15)21-14(3)24/h4-11H,1-3H3,(H,21,24)(H,22,23,25). The van der Waals surface area contributed by atoms with Crippen molar-refractivity contribution >= 4 is 34.0 Å². The van der Waals surface area contributed by atoms with Crippen molar-refractivity contribution in [1.29, 1.82) is 0 Å². The maximum atomic E-state index is 12.5. The second-order valence-corrected chi connectivity index (χ2v) is 6.93. The molecular formula is C20H19N3O2S. The van der Waals surface area contributed by atoms with E-state index in [0.717, 1.165) is 28.1 Å². The van der Waals surface area contributed by atoms with E-state index in [4.69, 9.17) is 0 Å². The summed E-state index contributed by atoms with van der Waals surface area (Å²) in [5, 5.41) is 8.04. The van der Waals surface area contributed by atoms with Gasteiger partial charge in [0.05, 0.1) is 5.69 Å². The Morgan fingerprint density at radius 2 is 1.73 bits per heavy atom. The second-order valence-electron chi connectivity index (χ2n) is 6.07. The van der Waals surface area contributed by atoms with Crippen molar-refractivity contribution in [2.45, 2.75) is 20.8 Å². The Kier molecular flexibility index (Phi) is 5.14. The van der Waals surface area contributed by atoms with Crippen LogP contribution in [-0.4, -0.2) is 16.8 Å². The average Bonchev–Trinajstić information content (AvgIpc) is 3.05. The van der Waals surface area contributed by atoms with Crippen molar-refractivity contribution < 1.29 is 9.59 Å². The van der Waals surface area contributed by atoms with Gasteiger partial charge in [-0.25, -0.2) is 4.98 Å². The van der Waals surface area contributed by atoms with Crippen molar-refractivity contribution in [3.05, 3.63) is 64.5 Å². The number of hydrogen-bond donors (Lipinski definition) is 2. The molecule has 0 aliphatic heterocycles. The predicted molar refractivity (Wildman–Crippen MR) is 106 cm³/mol. The van der Waals surface area contributed by atoms with Crippen molar-refractivity contribution in [2.75, 3.05) is 10.6 Å². The number of nitrogens with zero attached hydrogens (tertiary/aromatic N) is 1. The minimum atomic E-state index is -0.159. The van der Waals surface area contributed by atoms with E-state index in [9.17, 15) is 9.59 Å². The van der Waals surface area contributed by atoms with Crippen molar-refractivity contribution in [3.63, 3.8) is 0 Å². The molecule has 1 heterocycles. The first-order chi connectivity index (χ1) is 12.4. The monoisotopic (exact) mass is 365 g/mol. The third kappa shape index (κ3) is 4.15. The molecule has 6 heteroatoms. The third-order valence-electron chi connectivity index (χ3n) is 3.86. The number of thiazole rings is 1. The molecule has 0 unspecified atom stereocenters. The number of nitrogens with one attached hydrogen (secondary N) is 2. The number of rotatable bonds is 4. The molecule has 2 aromatic carbocycles. The number of amides is 2. The summed E-state index contributed by atoms with van der Waals surface area (Å²) < 4.78 is 0. The van der Waals surface area contributed by atoms with Gasteiger partial charge in [-0.1, -0.05) is 29.8 Å². The molecule has 0 aliphatic carbocycles. The van der Waals surface area contributed by atoms with E-state index >= 15 is 0 Å². The average molecular weight is 365 g/mol. The van der Waals surface area contributed by atoms with Gasteiger partial charge in [0.15, 0.2) is 5.13 Å². The quantitative estimate of drug-likeness (QED) is 0.708. The van der Waals surface area contributed by atoms with E-state index in [1.807, 2.05) is 61.7 Å². The van der Waals surface area contributed by atoms with Gasteiger partial charge in [0.1, 0.15) is 0 Å². The molecule has 0 saturated heterocycles. The summed E-state index contributed by atoms with van der Waals surface area (Å²) >= 11 is 1.38. The summed E-state index contributed by atoms with van der Waals surface area (Å²) in [6, 6.07) is 13.2. The molecule has 2 N–H and O–H groups in total. The molecule has 3 rings (SSSR count). The minimum absolute atomic E-state index is 0.108. The van der Waals surface area contributed by atoms with Crippen LogP contribution in [0, 0.1) is 13.8 Å². The van der Waals surface area contributed by atoms with E-state index in [1.165, 1.54) is 18.3 Å². The Balaban J connectivity index is 1.74. The number of carbonyl (C=O) groups excluding carboxylic acids is 2. The van der Waals surface area contributed by atoms with Gasteiger partial charge in [0, 0.05) is 29.1 Å². The molecule has 0 fully saturated rings. The van der Waals surface area contributed by atoms with Crippen LogP contribution < -0.4 is 10.6 Å². The summed E-state index contributed by atoms with van der Waals surface area (Å²) in [6.07, 6.45) is 0. The van der Waals surface area contributed by atoms with Crippen LogP contribution in [0.15, 0.2) is 47.8 Å². The van der Waals surface area contributed by atoms with Gasteiger partial charge in [0.2, 0.25) is 5.91 Å². The normalized spacial score (nSPS) is 10.4. The Bertz CT molecular complexity index is 961. The van der Waals surface area contributed by atoms with E-state index in [0.29, 0.717) is 10.7 Å². The number of carbonyl (C=O) groups is 2. The van der Waals surface area contributed by atoms with Gasteiger partial charge >= 0.3 is 0 Å².